The van der Waals surface area contributed by atoms with E-state index < -0.39 is 0 Å². The van der Waals surface area contributed by atoms with Gasteiger partial charge < -0.3 is 9.73 Å². The number of nitrogens with one attached hydrogen (secondary N) is 1. The first-order chi connectivity index (χ1) is 14.0. The minimum absolute atomic E-state index is 0.0107. The van der Waals surface area contributed by atoms with E-state index in [1.807, 2.05) is 41.0 Å². The number of furan rings is 1. The number of carbonyl (C=O) groups excluding carboxylic acids is 1. The molecular formula is C21H25BrN4O2S. The number of hydrogen-bond acceptors (Lipinski definition) is 5. The summed E-state index contributed by atoms with van der Waals surface area (Å²) in [6.45, 7) is 7.09. The third-order valence-corrected chi connectivity index (χ3v) is 5.85. The summed E-state index contributed by atoms with van der Waals surface area (Å²) in [5, 5.41) is 12.4. The number of hydrogen-bond donors (Lipinski definition) is 1. The van der Waals surface area contributed by atoms with Gasteiger partial charge in [0.15, 0.2) is 16.7 Å². The van der Waals surface area contributed by atoms with Crippen molar-refractivity contribution in [2.45, 2.75) is 44.9 Å². The summed E-state index contributed by atoms with van der Waals surface area (Å²) in [5.41, 5.74) is 1.09. The van der Waals surface area contributed by atoms with Crippen molar-refractivity contribution in [1.29, 1.82) is 0 Å². The van der Waals surface area contributed by atoms with Gasteiger partial charge in [-0.15, -0.1) is 10.2 Å². The Morgan fingerprint density at radius 3 is 2.62 bits per heavy atom. The van der Waals surface area contributed by atoms with Gasteiger partial charge in [0.2, 0.25) is 5.91 Å². The Morgan fingerprint density at radius 2 is 2.00 bits per heavy atom. The third-order valence-electron chi connectivity index (χ3n) is 4.35. The van der Waals surface area contributed by atoms with E-state index in [0.29, 0.717) is 17.5 Å². The highest BCUT2D eigenvalue weighted by Gasteiger charge is 2.19. The zero-order valence-electron chi connectivity index (χ0n) is 16.8. The quantitative estimate of drug-likeness (QED) is 0.423. The first-order valence-corrected chi connectivity index (χ1v) is 11.4. The first-order valence-electron chi connectivity index (χ1n) is 9.62. The Morgan fingerprint density at radius 1 is 1.24 bits per heavy atom. The van der Waals surface area contributed by atoms with Crippen LogP contribution in [-0.4, -0.2) is 26.4 Å². The summed E-state index contributed by atoms with van der Waals surface area (Å²) in [5.74, 6) is 2.03. The van der Waals surface area contributed by atoms with Crippen LogP contribution in [0.25, 0.3) is 11.6 Å². The van der Waals surface area contributed by atoms with E-state index in [1.165, 1.54) is 11.8 Å². The lowest BCUT2D eigenvalue weighted by molar-refractivity contribution is -0.119. The molecule has 2 aromatic heterocycles. The van der Waals surface area contributed by atoms with Crippen molar-refractivity contribution in [2.75, 3.05) is 5.75 Å². The fourth-order valence-corrected chi connectivity index (χ4v) is 4.02. The third kappa shape index (κ3) is 5.73. The van der Waals surface area contributed by atoms with Gasteiger partial charge in [-0.05, 0) is 42.2 Å². The van der Waals surface area contributed by atoms with Gasteiger partial charge in [0, 0.05) is 11.0 Å². The number of aromatic nitrogens is 3. The molecule has 0 unspecified atom stereocenters. The van der Waals surface area contributed by atoms with Crippen LogP contribution in [0.4, 0.5) is 0 Å². The molecule has 0 saturated heterocycles. The lowest BCUT2D eigenvalue weighted by atomic mass is 10.0. The number of halogens is 1. The molecule has 3 aromatic rings. The maximum absolute atomic E-state index is 12.6. The molecule has 1 N–H and O–H groups in total. The zero-order chi connectivity index (χ0) is 20.8. The smallest absolute Gasteiger partial charge is 0.230 e. The fourth-order valence-electron chi connectivity index (χ4n) is 3.00. The molecule has 0 aliphatic heterocycles. The number of thioether (sulfide) groups is 1. The van der Waals surface area contributed by atoms with Crippen molar-refractivity contribution in [2.24, 2.45) is 5.92 Å². The Hall–Kier alpha value is -2.06. The standard InChI is InChI=1S/C21H25BrN4O2S/c1-4-17(15-7-9-16(22)10-8-15)23-19(27)13-29-21-25-24-20(18-6-5-11-28-18)26(21)12-14(2)3/h5-11,14,17H,4,12-13H2,1-3H3,(H,23,27)/t17-/m1/s1. The molecule has 0 saturated carbocycles. The van der Waals surface area contributed by atoms with Crippen LogP contribution in [0.2, 0.25) is 0 Å². The number of benzene rings is 1. The van der Waals surface area contributed by atoms with Gasteiger partial charge in [0.25, 0.3) is 0 Å². The van der Waals surface area contributed by atoms with Crippen LogP contribution in [0.15, 0.2) is 56.7 Å². The Balaban J connectivity index is 1.67. The molecule has 0 bridgehead atoms. The van der Waals surface area contributed by atoms with Gasteiger partial charge in [0.1, 0.15) is 0 Å². The summed E-state index contributed by atoms with van der Waals surface area (Å²) >= 11 is 4.84. The van der Waals surface area contributed by atoms with Gasteiger partial charge in [-0.25, -0.2) is 0 Å². The Kier molecular flexibility index (Phi) is 7.55. The van der Waals surface area contributed by atoms with E-state index in [1.54, 1.807) is 6.26 Å². The average molecular weight is 477 g/mol. The lowest BCUT2D eigenvalue weighted by Gasteiger charge is -2.17. The van der Waals surface area contributed by atoms with E-state index in [-0.39, 0.29) is 17.7 Å². The predicted octanol–water partition coefficient (Wildman–Crippen LogP) is 5.32. The topological polar surface area (TPSA) is 73.0 Å². The molecule has 8 heteroatoms. The molecule has 2 heterocycles. The molecule has 1 atom stereocenters. The largest absolute Gasteiger partial charge is 0.461 e. The minimum Gasteiger partial charge on any atom is -0.461 e. The van der Waals surface area contributed by atoms with Crippen LogP contribution in [0, 0.1) is 5.92 Å². The van der Waals surface area contributed by atoms with E-state index >= 15 is 0 Å². The number of carbonyl (C=O) groups is 1. The highest BCUT2D eigenvalue weighted by Crippen LogP contribution is 2.26. The van der Waals surface area contributed by atoms with Crippen LogP contribution < -0.4 is 5.32 Å². The van der Waals surface area contributed by atoms with Gasteiger partial charge >= 0.3 is 0 Å². The Bertz CT molecular complexity index is 923. The summed E-state index contributed by atoms with van der Waals surface area (Å²) in [4.78, 5) is 12.6. The summed E-state index contributed by atoms with van der Waals surface area (Å²) < 4.78 is 8.53. The molecule has 0 aliphatic rings. The second-order valence-corrected chi connectivity index (χ2v) is 9.01. The molecule has 3 rings (SSSR count). The van der Waals surface area contributed by atoms with Crippen molar-refractivity contribution >= 4 is 33.6 Å². The highest BCUT2D eigenvalue weighted by molar-refractivity contribution is 9.10. The Labute approximate surface area is 183 Å². The summed E-state index contributed by atoms with van der Waals surface area (Å²) in [7, 11) is 0. The van der Waals surface area contributed by atoms with E-state index in [4.69, 9.17) is 4.42 Å². The lowest BCUT2D eigenvalue weighted by Crippen LogP contribution is -2.29. The fraction of sp³-hybridized carbons (Fsp3) is 0.381. The average Bonchev–Trinajstić information content (AvgIpc) is 3.35. The number of rotatable bonds is 9. The molecular weight excluding hydrogens is 452 g/mol. The number of nitrogens with zero attached hydrogens (tertiary/aromatic N) is 3. The molecule has 6 nitrogen and oxygen atoms in total. The van der Waals surface area contributed by atoms with Gasteiger partial charge in [-0.2, -0.15) is 0 Å². The van der Waals surface area contributed by atoms with Crippen LogP contribution in [0.5, 0.6) is 0 Å². The highest BCUT2D eigenvalue weighted by atomic mass is 79.9. The predicted molar refractivity (Wildman–Crippen MR) is 119 cm³/mol. The van der Waals surface area contributed by atoms with E-state index in [2.05, 4.69) is 52.2 Å². The van der Waals surface area contributed by atoms with Gasteiger partial charge in [0.05, 0.1) is 18.1 Å². The summed E-state index contributed by atoms with van der Waals surface area (Å²) in [6.07, 6.45) is 2.45. The van der Waals surface area contributed by atoms with E-state index in [0.717, 1.165) is 28.2 Å². The molecule has 1 amide bonds. The molecule has 29 heavy (non-hydrogen) atoms. The zero-order valence-corrected chi connectivity index (χ0v) is 19.2. The SMILES string of the molecule is CC[C@@H](NC(=O)CSc1nnc(-c2ccco2)n1CC(C)C)c1ccc(Br)cc1. The van der Waals surface area contributed by atoms with Gasteiger partial charge in [-0.1, -0.05) is 60.6 Å². The van der Waals surface area contributed by atoms with Crippen LogP contribution in [0.3, 0.4) is 0 Å². The van der Waals surface area contributed by atoms with Crippen LogP contribution in [-0.2, 0) is 11.3 Å². The second kappa shape index (κ2) is 10.1. The molecule has 0 spiro atoms. The van der Waals surface area contributed by atoms with Crippen molar-refractivity contribution in [1.82, 2.24) is 20.1 Å². The maximum atomic E-state index is 12.6. The molecule has 1 aromatic carbocycles. The van der Waals surface area contributed by atoms with Crippen molar-refractivity contribution in [3.63, 3.8) is 0 Å². The molecule has 0 fully saturated rings. The monoisotopic (exact) mass is 476 g/mol. The van der Waals surface area contributed by atoms with Crippen molar-refractivity contribution < 1.29 is 9.21 Å². The second-order valence-electron chi connectivity index (χ2n) is 7.16. The normalized spacial score (nSPS) is 12.3. The summed E-state index contributed by atoms with van der Waals surface area (Å²) in [6, 6.07) is 11.7. The van der Waals surface area contributed by atoms with E-state index in [9.17, 15) is 4.79 Å². The first kappa shape index (κ1) is 21.6. The van der Waals surface area contributed by atoms with Crippen LogP contribution >= 0.6 is 27.7 Å². The van der Waals surface area contributed by atoms with Crippen molar-refractivity contribution in [3.05, 3.63) is 52.7 Å². The minimum atomic E-state index is -0.0246. The molecule has 0 aliphatic carbocycles. The van der Waals surface area contributed by atoms with Crippen LogP contribution in [0.1, 0.15) is 38.8 Å². The number of amides is 1. The maximum Gasteiger partial charge on any atom is 0.230 e. The van der Waals surface area contributed by atoms with Gasteiger partial charge in [-0.3, -0.25) is 9.36 Å². The molecule has 154 valence electrons. The molecule has 0 radical (unpaired) electrons. The van der Waals surface area contributed by atoms with Crippen molar-refractivity contribution in [3.8, 4) is 11.6 Å².